The maximum absolute atomic E-state index is 11.5. The molecule has 0 bridgehead atoms. The molecule has 0 spiro atoms. The van der Waals surface area contributed by atoms with Crippen molar-refractivity contribution >= 4 is 17.8 Å². The molecule has 2 N–H and O–H groups in total. The maximum Gasteiger partial charge on any atom is 0.326 e. The summed E-state index contributed by atoms with van der Waals surface area (Å²) in [6.07, 6.45) is 1.75. The third kappa shape index (κ3) is 8.82. The van der Waals surface area contributed by atoms with Gasteiger partial charge in [0.2, 0.25) is 5.91 Å². The zero-order chi connectivity index (χ0) is 15.1. The van der Waals surface area contributed by atoms with Gasteiger partial charge < -0.3 is 15.2 Å². The normalized spacial score (nSPS) is 12.4. The zero-order valence-corrected chi connectivity index (χ0v) is 11.6. The molecule has 0 aromatic rings. The molecule has 1 amide bonds. The van der Waals surface area contributed by atoms with Crippen molar-refractivity contribution in [1.29, 1.82) is 0 Å². The van der Waals surface area contributed by atoms with Gasteiger partial charge in [-0.1, -0.05) is 6.08 Å². The predicted octanol–water partition coefficient (Wildman–Crippen LogP) is 1.25. The number of nitrogens with one attached hydrogen (secondary N) is 1. The van der Waals surface area contributed by atoms with Crippen LogP contribution in [0.1, 0.15) is 40.0 Å². The number of amides is 1. The van der Waals surface area contributed by atoms with Gasteiger partial charge >= 0.3 is 11.9 Å². The summed E-state index contributed by atoms with van der Waals surface area (Å²) < 4.78 is 5.01. The number of carbonyl (C=O) groups excluding carboxylic acids is 2. The Labute approximate surface area is 112 Å². The number of rotatable bonds is 7. The number of ether oxygens (including phenoxy) is 1. The minimum Gasteiger partial charge on any atom is -0.480 e. The molecule has 0 saturated carbocycles. The number of carboxylic acid groups (broad SMARTS) is 1. The number of hydrogen-bond acceptors (Lipinski definition) is 4. The third-order valence-electron chi connectivity index (χ3n) is 2.00. The van der Waals surface area contributed by atoms with Crippen molar-refractivity contribution in [3.63, 3.8) is 0 Å². The highest BCUT2D eigenvalue weighted by Crippen LogP contribution is 2.09. The lowest BCUT2D eigenvalue weighted by molar-refractivity contribution is -0.158. The molecule has 6 heteroatoms. The number of allylic oxidation sites excluding steroid dienone is 1. The van der Waals surface area contributed by atoms with Gasteiger partial charge in [-0.25, -0.2) is 4.79 Å². The van der Waals surface area contributed by atoms with Gasteiger partial charge in [-0.3, -0.25) is 9.59 Å². The Morgan fingerprint density at radius 3 is 2.37 bits per heavy atom. The van der Waals surface area contributed by atoms with E-state index in [2.05, 4.69) is 11.9 Å². The molecule has 0 rings (SSSR count). The van der Waals surface area contributed by atoms with E-state index >= 15 is 0 Å². The lowest BCUT2D eigenvalue weighted by Gasteiger charge is -2.21. The van der Waals surface area contributed by atoms with Gasteiger partial charge in [0.1, 0.15) is 11.6 Å². The maximum atomic E-state index is 11.5. The van der Waals surface area contributed by atoms with Crippen molar-refractivity contribution in [1.82, 2.24) is 5.32 Å². The fourth-order valence-corrected chi connectivity index (χ4v) is 1.25. The second kappa shape index (κ2) is 7.56. The second-order valence-electron chi connectivity index (χ2n) is 5.08. The van der Waals surface area contributed by atoms with Gasteiger partial charge in [-0.05, 0) is 27.2 Å². The molecule has 0 aromatic carbocycles. The summed E-state index contributed by atoms with van der Waals surface area (Å²) in [5, 5.41) is 11.2. The lowest BCUT2D eigenvalue weighted by atomic mass is 10.1. The van der Waals surface area contributed by atoms with Crippen LogP contribution in [-0.2, 0) is 19.1 Å². The van der Waals surface area contributed by atoms with Crippen molar-refractivity contribution in [3.8, 4) is 0 Å². The highest BCUT2D eigenvalue weighted by molar-refractivity contribution is 5.87. The first kappa shape index (κ1) is 17.2. The minimum absolute atomic E-state index is 0.140. The first-order chi connectivity index (χ1) is 8.65. The number of aliphatic carboxylic acids is 1. The van der Waals surface area contributed by atoms with Crippen LogP contribution in [0.15, 0.2) is 12.7 Å². The highest BCUT2D eigenvalue weighted by atomic mass is 16.6. The van der Waals surface area contributed by atoms with Gasteiger partial charge in [-0.15, -0.1) is 6.58 Å². The van der Waals surface area contributed by atoms with Crippen LogP contribution in [0.25, 0.3) is 0 Å². The Balaban J connectivity index is 4.42. The molecule has 0 aliphatic carbocycles. The molecule has 6 nitrogen and oxygen atoms in total. The standard InChI is InChI=1S/C13H21NO5/c1-5-6-7-10(15)14-9(12(17)18)8-11(16)19-13(2,3)4/h5,9H,1,6-8H2,2-4H3,(H,14,15)(H,17,18)/t9-/m0/s1. The Kier molecular flexibility index (Phi) is 6.82. The van der Waals surface area contributed by atoms with Crippen LogP contribution >= 0.6 is 0 Å². The van der Waals surface area contributed by atoms with E-state index in [-0.39, 0.29) is 6.42 Å². The van der Waals surface area contributed by atoms with Crippen molar-refractivity contribution in [3.05, 3.63) is 12.7 Å². The van der Waals surface area contributed by atoms with Gasteiger partial charge in [0.05, 0.1) is 6.42 Å². The van der Waals surface area contributed by atoms with Gasteiger partial charge in [-0.2, -0.15) is 0 Å². The van der Waals surface area contributed by atoms with Crippen molar-refractivity contribution in [2.24, 2.45) is 0 Å². The van der Waals surface area contributed by atoms with E-state index < -0.39 is 35.9 Å². The van der Waals surface area contributed by atoms with Crippen LogP contribution in [0.2, 0.25) is 0 Å². The van der Waals surface area contributed by atoms with Crippen LogP contribution in [0.3, 0.4) is 0 Å². The quantitative estimate of drug-likeness (QED) is 0.537. The monoisotopic (exact) mass is 271 g/mol. The molecular weight excluding hydrogens is 250 g/mol. The Hall–Kier alpha value is -1.85. The molecule has 0 fully saturated rings. The summed E-state index contributed by atoms with van der Waals surface area (Å²) in [7, 11) is 0. The lowest BCUT2D eigenvalue weighted by Crippen LogP contribution is -2.43. The van der Waals surface area contributed by atoms with Gasteiger partial charge in [0, 0.05) is 6.42 Å². The number of esters is 1. The fourth-order valence-electron chi connectivity index (χ4n) is 1.25. The molecule has 1 atom stereocenters. The summed E-state index contributed by atoms with van der Waals surface area (Å²) in [6, 6.07) is -1.27. The van der Waals surface area contributed by atoms with E-state index in [0.29, 0.717) is 6.42 Å². The molecule has 0 radical (unpaired) electrons. The number of carboxylic acids is 1. The molecule has 19 heavy (non-hydrogen) atoms. The predicted molar refractivity (Wildman–Crippen MR) is 69.5 cm³/mol. The van der Waals surface area contributed by atoms with Crippen molar-refractivity contribution < 1.29 is 24.2 Å². The molecule has 0 heterocycles. The Morgan fingerprint density at radius 1 is 1.37 bits per heavy atom. The van der Waals surface area contributed by atoms with Crippen molar-refractivity contribution in [2.45, 2.75) is 51.7 Å². The molecular formula is C13H21NO5. The summed E-state index contributed by atoms with van der Waals surface area (Å²) in [5.41, 5.74) is -0.688. The molecule has 0 aliphatic heterocycles. The number of carbonyl (C=O) groups is 3. The van der Waals surface area contributed by atoms with Crippen LogP contribution in [-0.4, -0.2) is 34.6 Å². The largest absolute Gasteiger partial charge is 0.480 e. The van der Waals surface area contributed by atoms with Crippen LogP contribution < -0.4 is 5.32 Å². The summed E-state index contributed by atoms with van der Waals surface area (Å²) in [4.78, 5) is 33.9. The SMILES string of the molecule is C=CCCC(=O)N[C@@H](CC(=O)OC(C)(C)C)C(=O)O. The molecule has 0 aromatic heterocycles. The molecule has 0 unspecified atom stereocenters. The van der Waals surface area contributed by atoms with Crippen LogP contribution in [0.4, 0.5) is 0 Å². The first-order valence-corrected chi connectivity index (χ1v) is 6.00. The van der Waals surface area contributed by atoms with Gasteiger partial charge in [0.15, 0.2) is 0 Å². The average Bonchev–Trinajstić information content (AvgIpc) is 2.22. The van der Waals surface area contributed by atoms with Crippen molar-refractivity contribution in [2.75, 3.05) is 0 Å². The summed E-state index contributed by atoms with van der Waals surface area (Å²) in [5.74, 6) is -2.36. The third-order valence-corrected chi connectivity index (χ3v) is 2.00. The Morgan fingerprint density at radius 2 is 1.95 bits per heavy atom. The molecule has 0 saturated heterocycles. The van der Waals surface area contributed by atoms with E-state index in [1.807, 2.05) is 0 Å². The number of hydrogen-bond donors (Lipinski definition) is 2. The average molecular weight is 271 g/mol. The zero-order valence-electron chi connectivity index (χ0n) is 11.6. The molecule has 0 aliphatic rings. The van der Waals surface area contributed by atoms with Crippen LogP contribution in [0, 0.1) is 0 Å². The van der Waals surface area contributed by atoms with E-state index in [9.17, 15) is 14.4 Å². The van der Waals surface area contributed by atoms with E-state index in [1.165, 1.54) is 0 Å². The summed E-state index contributed by atoms with van der Waals surface area (Å²) >= 11 is 0. The smallest absolute Gasteiger partial charge is 0.326 e. The van der Waals surface area contributed by atoms with Gasteiger partial charge in [0.25, 0.3) is 0 Å². The van der Waals surface area contributed by atoms with E-state index in [4.69, 9.17) is 9.84 Å². The summed E-state index contributed by atoms with van der Waals surface area (Å²) in [6.45, 7) is 8.52. The Bertz CT molecular complexity index is 357. The van der Waals surface area contributed by atoms with Crippen LogP contribution in [0.5, 0.6) is 0 Å². The first-order valence-electron chi connectivity index (χ1n) is 6.00. The molecule has 108 valence electrons. The highest BCUT2D eigenvalue weighted by Gasteiger charge is 2.26. The fraction of sp³-hybridized carbons (Fsp3) is 0.615. The van der Waals surface area contributed by atoms with E-state index in [1.54, 1.807) is 26.8 Å². The second-order valence-corrected chi connectivity index (χ2v) is 5.08. The topological polar surface area (TPSA) is 92.7 Å². The van der Waals surface area contributed by atoms with E-state index in [0.717, 1.165) is 0 Å². The minimum atomic E-state index is -1.27.